The molecule has 0 aliphatic heterocycles. The molecule has 2 aromatic heterocycles. The minimum Gasteiger partial charge on any atom is -0.355 e. The highest BCUT2D eigenvalue weighted by molar-refractivity contribution is 7.13. The number of carbonyl (C=O) groups excluding carboxylic acids is 2. The van der Waals surface area contributed by atoms with Gasteiger partial charge in [-0.3, -0.25) is 9.59 Å². The van der Waals surface area contributed by atoms with Gasteiger partial charge in [-0.15, -0.1) is 11.3 Å². The highest BCUT2D eigenvalue weighted by atomic mass is 32.1. The second kappa shape index (κ2) is 8.97. The number of hydrogen-bond acceptors (Lipinski definition) is 4. The van der Waals surface area contributed by atoms with E-state index in [0.717, 1.165) is 16.1 Å². The molecule has 4 aromatic rings. The maximum atomic E-state index is 13.3. The van der Waals surface area contributed by atoms with Crippen LogP contribution in [0, 0.1) is 0 Å². The van der Waals surface area contributed by atoms with E-state index >= 15 is 0 Å². The van der Waals surface area contributed by atoms with Crippen molar-refractivity contribution < 1.29 is 9.59 Å². The van der Waals surface area contributed by atoms with Gasteiger partial charge in [0.05, 0.1) is 16.1 Å². The number of carbonyl (C=O) groups is 2. The van der Waals surface area contributed by atoms with Gasteiger partial charge in [0.25, 0.3) is 11.8 Å². The molecular formula is C24H22N4O2S. The average molecular weight is 431 g/mol. The van der Waals surface area contributed by atoms with Gasteiger partial charge in [0.2, 0.25) is 0 Å². The van der Waals surface area contributed by atoms with Crippen molar-refractivity contribution >= 4 is 23.2 Å². The second-order valence-corrected chi connectivity index (χ2v) is 8.03. The standard InChI is InChI=1S/C24H22N4O2S/c1-25-23(29)18-12-10-17(11-13-18)15-27(2)24(30)20-16-28(19-7-4-3-5-8-19)26-22(20)21-9-6-14-31-21/h3-14,16H,15H2,1-2H3,(H,25,29). The minimum atomic E-state index is -0.134. The van der Waals surface area contributed by atoms with Crippen LogP contribution in [0.3, 0.4) is 0 Å². The van der Waals surface area contributed by atoms with Gasteiger partial charge in [0.1, 0.15) is 5.69 Å². The maximum Gasteiger partial charge on any atom is 0.257 e. The first-order chi connectivity index (χ1) is 15.1. The maximum absolute atomic E-state index is 13.3. The lowest BCUT2D eigenvalue weighted by Gasteiger charge is -2.17. The summed E-state index contributed by atoms with van der Waals surface area (Å²) in [5.41, 5.74) is 3.65. The third kappa shape index (κ3) is 4.41. The van der Waals surface area contributed by atoms with Crippen molar-refractivity contribution in [2.75, 3.05) is 14.1 Å². The van der Waals surface area contributed by atoms with Gasteiger partial charge < -0.3 is 10.2 Å². The number of aromatic nitrogens is 2. The Labute approximate surface area is 184 Å². The monoisotopic (exact) mass is 430 g/mol. The van der Waals surface area contributed by atoms with E-state index in [1.165, 1.54) is 0 Å². The topological polar surface area (TPSA) is 67.2 Å². The summed E-state index contributed by atoms with van der Waals surface area (Å²) in [6.45, 7) is 0.424. The molecule has 2 heterocycles. The third-order valence-corrected chi connectivity index (χ3v) is 5.81. The van der Waals surface area contributed by atoms with Gasteiger partial charge in [-0.25, -0.2) is 4.68 Å². The van der Waals surface area contributed by atoms with E-state index in [2.05, 4.69) is 5.32 Å². The summed E-state index contributed by atoms with van der Waals surface area (Å²) in [5, 5.41) is 9.29. The summed E-state index contributed by atoms with van der Waals surface area (Å²) < 4.78 is 1.74. The number of hydrogen-bond donors (Lipinski definition) is 1. The number of nitrogens with one attached hydrogen (secondary N) is 1. The van der Waals surface area contributed by atoms with Crippen LogP contribution in [0.25, 0.3) is 16.3 Å². The Morgan fingerprint density at radius 3 is 2.42 bits per heavy atom. The summed E-state index contributed by atoms with van der Waals surface area (Å²) >= 11 is 1.55. The molecule has 6 nitrogen and oxygen atoms in total. The molecule has 0 atom stereocenters. The van der Waals surface area contributed by atoms with Crippen LogP contribution in [0.5, 0.6) is 0 Å². The normalized spacial score (nSPS) is 10.6. The first kappa shape index (κ1) is 20.6. The molecule has 31 heavy (non-hydrogen) atoms. The van der Waals surface area contributed by atoms with E-state index in [1.54, 1.807) is 53.3 Å². The summed E-state index contributed by atoms with van der Waals surface area (Å²) in [5.74, 6) is -0.245. The van der Waals surface area contributed by atoms with Crippen LogP contribution >= 0.6 is 11.3 Å². The first-order valence-corrected chi connectivity index (χ1v) is 10.7. The van der Waals surface area contributed by atoms with E-state index in [9.17, 15) is 9.59 Å². The molecule has 1 N–H and O–H groups in total. The fraction of sp³-hybridized carbons (Fsp3) is 0.125. The molecule has 2 aromatic carbocycles. The number of benzene rings is 2. The Morgan fingerprint density at radius 2 is 1.77 bits per heavy atom. The zero-order valence-corrected chi connectivity index (χ0v) is 18.1. The fourth-order valence-electron chi connectivity index (χ4n) is 3.30. The lowest BCUT2D eigenvalue weighted by Crippen LogP contribution is -2.26. The smallest absolute Gasteiger partial charge is 0.257 e. The zero-order valence-electron chi connectivity index (χ0n) is 17.3. The van der Waals surface area contributed by atoms with Crippen molar-refractivity contribution in [1.29, 1.82) is 0 Å². The molecule has 0 fully saturated rings. The van der Waals surface area contributed by atoms with E-state index in [4.69, 9.17) is 5.10 Å². The first-order valence-electron chi connectivity index (χ1n) is 9.82. The highest BCUT2D eigenvalue weighted by Gasteiger charge is 2.22. The van der Waals surface area contributed by atoms with Crippen molar-refractivity contribution in [1.82, 2.24) is 20.0 Å². The van der Waals surface area contributed by atoms with Crippen molar-refractivity contribution in [3.63, 3.8) is 0 Å². The SMILES string of the molecule is CNC(=O)c1ccc(CN(C)C(=O)c2cn(-c3ccccc3)nc2-c2cccs2)cc1. The molecule has 2 amide bonds. The van der Waals surface area contributed by atoms with Crippen molar-refractivity contribution in [2.24, 2.45) is 0 Å². The Hall–Kier alpha value is -3.71. The number of thiophene rings is 1. The fourth-order valence-corrected chi connectivity index (χ4v) is 4.02. The minimum absolute atomic E-state index is 0.110. The average Bonchev–Trinajstić information content (AvgIpc) is 3.49. The predicted molar refractivity (Wildman–Crippen MR) is 123 cm³/mol. The quantitative estimate of drug-likeness (QED) is 0.498. The van der Waals surface area contributed by atoms with Gasteiger partial charge >= 0.3 is 0 Å². The van der Waals surface area contributed by atoms with Crippen LogP contribution < -0.4 is 5.32 Å². The van der Waals surface area contributed by atoms with Crippen LogP contribution in [-0.4, -0.2) is 40.6 Å². The van der Waals surface area contributed by atoms with E-state index in [0.29, 0.717) is 23.4 Å². The third-order valence-electron chi connectivity index (χ3n) is 4.93. The van der Waals surface area contributed by atoms with Gasteiger partial charge in [0, 0.05) is 32.4 Å². The second-order valence-electron chi connectivity index (χ2n) is 7.09. The molecule has 4 rings (SSSR count). The number of rotatable bonds is 6. The number of para-hydroxylation sites is 1. The lowest BCUT2D eigenvalue weighted by atomic mass is 10.1. The van der Waals surface area contributed by atoms with Crippen LogP contribution in [0.1, 0.15) is 26.3 Å². The summed E-state index contributed by atoms with van der Waals surface area (Å²) in [7, 11) is 3.37. The van der Waals surface area contributed by atoms with Crippen LogP contribution in [0.15, 0.2) is 78.3 Å². The molecule has 0 saturated carbocycles. The molecule has 0 aliphatic carbocycles. The van der Waals surface area contributed by atoms with Crippen LogP contribution in [-0.2, 0) is 6.54 Å². The predicted octanol–water partition coefficient (Wildman–Crippen LogP) is 4.23. The number of nitrogens with zero attached hydrogens (tertiary/aromatic N) is 3. The molecular weight excluding hydrogens is 408 g/mol. The zero-order chi connectivity index (χ0) is 21.8. The molecule has 0 radical (unpaired) electrons. The molecule has 0 saturated heterocycles. The summed E-state index contributed by atoms with van der Waals surface area (Å²) in [6, 6.07) is 20.9. The van der Waals surface area contributed by atoms with Crippen molar-refractivity contribution in [2.45, 2.75) is 6.54 Å². The van der Waals surface area contributed by atoms with Gasteiger partial charge in [0.15, 0.2) is 0 Å². The molecule has 0 bridgehead atoms. The highest BCUT2D eigenvalue weighted by Crippen LogP contribution is 2.28. The van der Waals surface area contributed by atoms with E-state index in [1.807, 2.05) is 60.0 Å². The van der Waals surface area contributed by atoms with Gasteiger partial charge in [-0.05, 0) is 41.3 Å². The Bertz CT molecular complexity index is 1180. The van der Waals surface area contributed by atoms with Crippen LogP contribution in [0.2, 0.25) is 0 Å². The molecule has 0 unspecified atom stereocenters. The number of amides is 2. The molecule has 156 valence electrons. The molecule has 7 heteroatoms. The van der Waals surface area contributed by atoms with Crippen molar-refractivity contribution in [3.05, 3.63) is 95.0 Å². The Balaban J connectivity index is 1.61. The molecule has 0 spiro atoms. The van der Waals surface area contributed by atoms with E-state index in [-0.39, 0.29) is 11.8 Å². The lowest BCUT2D eigenvalue weighted by molar-refractivity contribution is 0.0785. The molecule has 0 aliphatic rings. The Kier molecular flexibility index (Phi) is 5.95. The van der Waals surface area contributed by atoms with Gasteiger partial charge in [-0.2, -0.15) is 5.10 Å². The van der Waals surface area contributed by atoms with Gasteiger partial charge in [-0.1, -0.05) is 36.4 Å². The Morgan fingerprint density at radius 1 is 1.03 bits per heavy atom. The van der Waals surface area contributed by atoms with Crippen molar-refractivity contribution in [3.8, 4) is 16.3 Å². The summed E-state index contributed by atoms with van der Waals surface area (Å²) in [4.78, 5) is 27.7. The largest absolute Gasteiger partial charge is 0.355 e. The van der Waals surface area contributed by atoms with E-state index < -0.39 is 0 Å². The van der Waals surface area contributed by atoms with Crippen LogP contribution in [0.4, 0.5) is 0 Å². The summed E-state index contributed by atoms with van der Waals surface area (Å²) in [6.07, 6.45) is 1.79.